The molecule has 0 bridgehead atoms. The Hall–Kier alpha value is -2.01. The van der Waals surface area contributed by atoms with Crippen molar-refractivity contribution in [3.8, 4) is 0 Å². The Balaban J connectivity index is 1.73. The van der Waals surface area contributed by atoms with Crippen molar-refractivity contribution in [2.24, 2.45) is 0 Å². The van der Waals surface area contributed by atoms with Crippen LogP contribution >= 0.6 is 0 Å². The van der Waals surface area contributed by atoms with Crippen molar-refractivity contribution in [2.75, 3.05) is 6.61 Å². The van der Waals surface area contributed by atoms with Gasteiger partial charge in [-0.1, -0.05) is 0 Å². The summed E-state index contributed by atoms with van der Waals surface area (Å²) in [6.07, 6.45) is 4.60. The van der Waals surface area contributed by atoms with Gasteiger partial charge < -0.3 is 18.5 Å². The summed E-state index contributed by atoms with van der Waals surface area (Å²) in [5.74, 6) is 1.50. The summed E-state index contributed by atoms with van der Waals surface area (Å²) in [7, 11) is 0. The van der Waals surface area contributed by atoms with E-state index in [1.54, 1.807) is 17.4 Å². The minimum absolute atomic E-state index is 0.00435. The molecule has 2 aromatic heterocycles. The third-order valence-corrected chi connectivity index (χ3v) is 3.37. The average Bonchev–Trinajstić information content (AvgIpc) is 3.20. The van der Waals surface area contributed by atoms with Gasteiger partial charge in [-0.25, -0.2) is 0 Å². The van der Waals surface area contributed by atoms with Gasteiger partial charge in [0.15, 0.2) is 0 Å². The molecule has 106 valence electrons. The minimum atomic E-state index is -0.333. The molecule has 5 heteroatoms. The number of ether oxygens (including phenoxy) is 1. The predicted octanol–water partition coefficient (Wildman–Crippen LogP) is 2.58. The second kappa shape index (κ2) is 5.96. The Morgan fingerprint density at radius 3 is 2.25 bits per heavy atom. The van der Waals surface area contributed by atoms with E-state index >= 15 is 0 Å². The second-order valence-electron chi connectivity index (χ2n) is 4.85. The van der Waals surface area contributed by atoms with Crippen LogP contribution in [0.3, 0.4) is 0 Å². The molecule has 1 aliphatic rings. The number of carbonyl (C=O) groups is 1. The fraction of sp³-hybridized carbons (Fsp3) is 0.400. The molecule has 1 fully saturated rings. The zero-order valence-corrected chi connectivity index (χ0v) is 11.2. The van der Waals surface area contributed by atoms with Gasteiger partial charge in [0.1, 0.15) is 17.6 Å². The third kappa shape index (κ3) is 2.93. The van der Waals surface area contributed by atoms with Gasteiger partial charge in [0, 0.05) is 6.61 Å². The lowest BCUT2D eigenvalue weighted by atomic mass is 10.2. The van der Waals surface area contributed by atoms with E-state index in [0.29, 0.717) is 19.7 Å². The van der Waals surface area contributed by atoms with Gasteiger partial charge in [-0.2, -0.15) is 0 Å². The maximum absolute atomic E-state index is 12.5. The fourth-order valence-corrected chi connectivity index (χ4v) is 2.37. The first-order chi connectivity index (χ1) is 9.83. The summed E-state index contributed by atoms with van der Waals surface area (Å²) >= 11 is 0. The maximum atomic E-state index is 12.5. The summed E-state index contributed by atoms with van der Waals surface area (Å²) in [6.45, 7) is 1.50. The number of hydrogen-bond acceptors (Lipinski definition) is 4. The van der Waals surface area contributed by atoms with Crippen molar-refractivity contribution in [2.45, 2.75) is 32.0 Å². The molecule has 0 radical (unpaired) electrons. The molecule has 1 amide bonds. The molecular formula is C15H17NO4. The van der Waals surface area contributed by atoms with E-state index in [0.717, 1.165) is 24.4 Å². The van der Waals surface area contributed by atoms with E-state index in [1.165, 1.54) is 0 Å². The molecule has 0 aliphatic carbocycles. The first-order valence-corrected chi connectivity index (χ1v) is 6.78. The van der Waals surface area contributed by atoms with Crippen LogP contribution in [-0.4, -0.2) is 23.5 Å². The first kappa shape index (κ1) is 13.0. The van der Waals surface area contributed by atoms with Gasteiger partial charge >= 0.3 is 0 Å². The predicted molar refractivity (Wildman–Crippen MR) is 70.6 cm³/mol. The Bertz CT molecular complexity index is 490. The van der Waals surface area contributed by atoms with E-state index in [9.17, 15) is 4.79 Å². The van der Waals surface area contributed by atoms with Crippen molar-refractivity contribution in [1.82, 2.24) is 4.90 Å². The van der Waals surface area contributed by atoms with E-state index in [4.69, 9.17) is 13.6 Å². The summed E-state index contributed by atoms with van der Waals surface area (Å²) in [6, 6.07) is 7.35. The number of nitrogens with zero attached hydrogens (tertiary/aromatic N) is 1. The van der Waals surface area contributed by atoms with Gasteiger partial charge in [0.25, 0.3) is 5.91 Å². The van der Waals surface area contributed by atoms with Gasteiger partial charge in [0.2, 0.25) is 0 Å². The van der Waals surface area contributed by atoms with Gasteiger partial charge in [0.05, 0.1) is 25.6 Å². The highest BCUT2D eigenvalue weighted by Crippen LogP contribution is 2.18. The molecular weight excluding hydrogens is 258 g/mol. The first-order valence-electron chi connectivity index (χ1n) is 6.78. The van der Waals surface area contributed by atoms with E-state index in [2.05, 4.69) is 0 Å². The highest BCUT2D eigenvalue weighted by Gasteiger charge is 2.29. The quantitative estimate of drug-likeness (QED) is 0.841. The van der Waals surface area contributed by atoms with Gasteiger partial charge in [-0.05, 0) is 37.1 Å². The second-order valence-corrected chi connectivity index (χ2v) is 4.85. The number of hydrogen-bond donors (Lipinski definition) is 0. The summed E-state index contributed by atoms with van der Waals surface area (Å²) in [4.78, 5) is 14.2. The van der Waals surface area contributed by atoms with Crippen molar-refractivity contribution < 1.29 is 18.4 Å². The molecule has 3 rings (SSSR count). The van der Waals surface area contributed by atoms with Crippen LogP contribution in [-0.2, 0) is 22.6 Å². The molecule has 1 saturated heterocycles. The minimum Gasteiger partial charge on any atom is -0.467 e. The van der Waals surface area contributed by atoms with Crippen LogP contribution in [0.15, 0.2) is 45.6 Å². The third-order valence-electron chi connectivity index (χ3n) is 3.37. The van der Waals surface area contributed by atoms with Crippen LogP contribution < -0.4 is 0 Å². The van der Waals surface area contributed by atoms with E-state index in [-0.39, 0.29) is 12.0 Å². The fourth-order valence-electron chi connectivity index (χ4n) is 2.37. The Morgan fingerprint density at radius 2 is 1.80 bits per heavy atom. The maximum Gasteiger partial charge on any atom is 0.252 e. The largest absolute Gasteiger partial charge is 0.467 e. The SMILES string of the molecule is O=C([C@@H]1CCCO1)N(Cc1ccco1)Cc1ccco1. The van der Waals surface area contributed by atoms with Gasteiger partial charge in [-0.3, -0.25) is 4.79 Å². The lowest BCUT2D eigenvalue weighted by molar-refractivity contribution is -0.142. The van der Waals surface area contributed by atoms with Crippen molar-refractivity contribution in [1.29, 1.82) is 0 Å². The molecule has 5 nitrogen and oxygen atoms in total. The molecule has 0 spiro atoms. The highest BCUT2D eigenvalue weighted by molar-refractivity contribution is 5.81. The molecule has 3 heterocycles. The number of furan rings is 2. The normalized spacial score (nSPS) is 18.3. The lowest BCUT2D eigenvalue weighted by Gasteiger charge is -2.23. The number of amides is 1. The topological polar surface area (TPSA) is 55.8 Å². The summed E-state index contributed by atoms with van der Waals surface area (Å²) in [5.41, 5.74) is 0. The van der Waals surface area contributed by atoms with Crippen LogP contribution in [0.1, 0.15) is 24.4 Å². The molecule has 0 unspecified atom stereocenters. The lowest BCUT2D eigenvalue weighted by Crippen LogP contribution is -2.37. The zero-order chi connectivity index (χ0) is 13.8. The van der Waals surface area contributed by atoms with Crippen LogP contribution in [0, 0.1) is 0 Å². The van der Waals surface area contributed by atoms with Crippen LogP contribution in [0.4, 0.5) is 0 Å². The molecule has 0 N–H and O–H groups in total. The van der Waals surface area contributed by atoms with Crippen molar-refractivity contribution >= 4 is 5.91 Å². The zero-order valence-electron chi connectivity index (χ0n) is 11.2. The average molecular weight is 275 g/mol. The van der Waals surface area contributed by atoms with Gasteiger partial charge in [-0.15, -0.1) is 0 Å². The van der Waals surface area contributed by atoms with E-state index < -0.39 is 0 Å². The van der Waals surface area contributed by atoms with Crippen LogP contribution in [0.2, 0.25) is 0 Å². The summed E-state index contributed by atoms with van der Waals surface area (Å²) < 4.78 is 16.1. The monoisotopic (exact) mass is 275 g/mol. The smallest absolute Gasteiger partial charge is 0.252 e. The van der Waals surface area contributed by atoms with Crippen LogP contribution in [0.5, 0.6) is 0 Å². The Kier molecular flexibility index (Phi) is 3.87. The standard InChI is InChI=1S/C15H17NO4/c17-15(14-6-3-9-20-14)16(10-12-4-1-7-18-12)11-13-5-2-8-19-13/h1-2,4-5,7-8,14H,3,6,9-11H2/t14-/m0/s1. The Morgan fingerprint density at radius 1 is 1.15 bits per heavy atom. The molecule has 1 aliphatic heterocycles. The molecule has 0 saturated carbocycles. The van der Waals surface area contributed by atoms with E-state index in [1.807, 2.05) is 24.3 Å². The molecule has 20 heavy (non-hydrogen) atoms. The van der Waals surface area contributed by atoms with Crippen molar-refractivity contribution in [3.63, 3.8) is 0 Å². The molecule has 1 atom stereocenters. The Labute approximate surface area is 117 Å². The summed E-state index contributed by atoms with van der Waals surface area (Å²) in [5, 5.41) is 0. The van der Waals surface area contributed by atoms with Crippen molar-refractivity contribution in [3.05, 3.63) is 48.3 Å². The van der Waals surface area contributed by atoms with Crippen LogP contribution in [0.25, 0.3) is 0 Å². The molecule has 0 aromatic carbocycles. The molecule has 2 aromatic rings. The number of rotatable bonds is 5. The highest BCUT2D eigenvalue weighted by atomic mass is 16.5. The number of carbonyl (C=O) groups excluding carboxylic acids is 1.